The molecule has 0 radical (unpaired) electrons. The highest BCUT2D eigenvalue weighted by molar-refractivity contribution is 6.42. The van der Waals surface area contributed by atoms with Gasteiger partial charge in [-0.1, -0.05) is 28.4 Å². The van der Waals surface area contributed by atoms with Crippen molar-refractivity contribution in [2.24, 2.45) is 5.73 Å². The van der Waals surface area contributed by atoms with Crippen LogP contribution >= 0.6 is 35.6 Å². The van der Waals surface area contributed by atoms with Crippen LogP contribution in [0.3, 0.4) is 0 Å². The molecule has 1 unspecified atom stereocenters. The lowest BCUT2D eigenvalue weighted by molar-refractivity contribution is 0.0823. The van der Waals surface area contributed by atoms with E-state index < -0.39 is 0 Å². The van der Waals surface area contributed by atoms with E-state index in [1.54, 1.807) is 12.1 Å². The van der Waals surface area contributed by atoms with Gasteiger partial charge in [0.1, 0.15) is 11.9 Å². The normalized spacial score (nSPS) is 18.2. The van der Waals surface area contributed by atoms with Crippen LogP contribution in [0, 0.1) is 0 Å². The van der Waals surface area contributed by atoms with Crippen molar-refractivity contribution in [3.63, 3.8) is 0 Å². The number of likely N-dealkylation sites (tertiary alicyclic amines) is 1. The number of aromatic nitrogens is 2. The molecule has 1 fully saturated rings. The van der Waals surface area contributed by atoms with E-state index in [0.717, 1.165) is 31.7 Å². The van der Waals surface area contributed by atoms with Gasteiger partial charge in [0.25, 0.3) is 0 Å². The standard InChI is InChI=1S/C15H18Cl2N4O2.ClH/c16-12-4-3-10(6-13(12)17)22-11-2-1-5-21(8-11)9-14-19-15(7-18)23-20-14;/h3-4,6,11H,1-2,5,7-9,18H2;1H. The van der Waals surface area contributed by atoms with Crippen LogP contribution in [0.2, 0.25) is 10.0 Å². The molecule has 1 aliphatic rings. The molecule has 1 aliphatic heterocycles. The van der Waals surface area contributed by atoms with Crippen molar-refractivity contribution in [1.29, 1.82) is 0 Å². The molecule has 0 aliphatic carbocycles. The van der Waals surface area contributed by atoms with E-state index in [2.05, 4.69) is 15.0 Å². The lowest BCUT2D eigenvalue weighted by Gasteiger charge is -2.32. The van der Waals surface area contributed by atoms with Gasteiger partial charge in [0.05, 0.1) is 23.1 Å². The molecule has 6 nitrogen and oxygen atoms in total. The van der Waals surface area contributed by atoms with Gasteiger partial charge in [-0.05, 0) is 31.5 Å². The molecule has 132 valence electrons. The van der Waals surface area contributed by atoms with E-state index in [0.29, 0.717) is 28.3 Å². The van der Waals surface area contributed by atoms with Crippen LogP contribution in [0.4, 0.5) is 0 Å². The van der Waals surface area contributed by atoms with Crippen LogP contribution < -0.4 is 10.5 Å². The van der Waals surface area contributed by atoms with Crippen LogP contribution in [-0.2, 0) is 13.1 Å². The third-order valence-corrected chi connectivity index (χ3v) is 4.44. The maximum atomic E-state index is 6.02. The summed E-state index contributed by atoms with van der Waals surface area (Å²) >= 11 is 11.9. The van der Waals surface area contributed by atoms with E-state index in [1.165, 1.54) is 0 Å². The number of nitrogens with two attached hydrogens (primary N) is 1. The fraction of sp³-hybridized carbons (Fsp3) is 0.467. The minimum absolute atomic E-state index is 0. The Balaban J connectivity index is 0.00000208. The van der Waals surface area contributed by atoms with Crippen molar-refractivity contribution in [3.05, 3.63) is 40.0 Å². The van der Waals surface area contributed by atoms with Gasteiger partial charge in [-0.25, -0.2) is 0 Å². The van der Waals surface area contributed by atoms with Crippen molar-refractivity contribution in [2.45, 2.75) is 32.0 Å². The summed E-state index contributed by atoms with van der Waals surface area (Å²) in [6, 6.07) is 5.32. The zero-order chi connectivity index (χ0) is 16.2. The summed E-state index contributed by atoms with van der Waals surface area (Å²) in [5.41, 5.74) is 5.48. The summed E-state index contributed by atoms with van der Waals surface area (Å²) in [5, 5.41) is 4.95. The van der Waals surface area contributed by atoms with Gasteiger partial charge in [-0.3, -0.25) is 4.90 Å². The zero-order valence-corrected chi connectivity index (χ0v) is 15.3. The maximum absolute atomic E-state index is 6.02. The molecule has 2 heterocycles. The van der Waals surface area contributed by atoms with E-state index in [4.69, 9.17) is 38.2 Å². The second-order valence-corrected chi connectivity index (χ2v) is 6.32. The summed E-state index contributed by atoms with van der Waals surface area (Å²) in [6.45, 7) is 2.67. The third kappa shape index (κ3) is 4.97. The quantitative estimate of drug-likeness (QED) is 0.840. The molecule has 2 aromatic rings. The van der Waals surface area contributed by atoms with Gasteiger partial charge in [-0.2, -0.15) is 4.98 Å². The molecule has 0 saturated carbocycles. The molecule has 1 saturated heterocycles. The average molecular weight is 394 g/mol. The highest BCUT2D eigenvalue weighted by Crippen LogP contribution is 2.28. The smallest absolute Gasteiger partial charge is 0.240 e. The van der Waals surface area contributed by atoms with Crippen molar-refractivity contribution in [3.8, 4) is 5.75 Å². The van der Waals surface area contributed by atoms with Crippen LogP contribution in [0.5, 0.6) is 5.75 Å². The highest BCUT2D eigenvalue weighted by atomic mass is 35.5. The minimum atomic E-state index is 0. The second kappa shape index (κ2) is 8.87. The van der Waals surface area contributed by atoms with Crippen molar-refractivity contribution in [2.75, 3.05) is 13.1 Å². The minimum Gasteiger partial charge on any atom is -0.489 e. The van der Waals surface area contributed by atoms with Gasteiger partial charge in [0.2, 0.25) is 5.89 Å². The summed E-state index contributed by atoms with van der Waals surface area (Å²) in [4.78, 5) is 6.48. The van der Waals surface area contributed by atoms with Crippen LogP contribution in [-0.4, -0.2) is 34.2 Å². The number of piperidine rings is 1. The number of hydrogen-bond donors (Lipinski definition) is 1. The fourth-order valence-electron chi connectivity index (χ4n) is 2.63. The Kier molecular flexibility index (Phi) is 7.13. The highest BCUT2D eigenvalue weighted by Gasteiger charge is 2.23. The van der Waals surface area contributed by atoms with Crippen molar-refractivity contribution in [1.82, 2.24) is 15.0 Å². The average Bonchev–Trinajstić information content (AvgIpc) is 2.99. The van der Waals surface area contributed by atoms with Gasteiger partial charge >= 0.3 is 0 Å². The Hall–Kier alpha value is -1.05. The first-order valence-corrected chi connectivity index (χ1v) is 8.25. The molecular formula is C15H19Cl3N4O2. The summed E-state index contributed by atoms with van der Waals surface area (Å²) < 4.78 is 11.0. The number of ether oxygens (including phenoxy) is 1. The molecule has 24 heavy (non-hydrogen) atoms. The Bertz CT molecular complexity index is 668. The number of halogens is 3. The Morgan fingerprint density at radius 1 is 1.33 bits per heavy atom. The van der Waals surface area contributed by atoms with Gasteiger partial charge in [-0.15, -0.1) is 12.4 Å². The Labute approximate surface area is 156 Å². The summed E-state index contributed by atoms with van der Waals surface area (Å²) in [7, 11) is 0. The molecule has 2 N–H and O–H groups in total. The fourth-order valence-corrected chi connectivity index (χ4v) is 2.92. The number of benzene rings is 1. The molecule has 1 aromatic heterocycles. The first-order valence-electron chi connectivity index (χ1n) is 7.49. The predicted molar refractivity (Wildman–Crippen MR) is 94.8 cm³/mol. The maximum Gasteiger partial charge on any atom is 0.240 e. The topological polar surface area (TPSA) is 77.4 Å². The molecule has 1 aromatic carbocycles. The molecule has 9 heteroatoms. The SMILES string of the molecule is Cl.NCc1nc(CN2CCCC(Oc3ccc(Cl)c(Cl)c3)C2)no1. The van der Waals surface area contributed by atoms with Crippen LogP contribution in [0.25, 0.3) is 0 Å². The lowest BCUT2D eigenvalue weighted by atomic mass is 10.1. The second-order valence-electron chi connectivity index (χ2n) is 5.50. The Morgan fingerprint density at radius 2 is 2.17 bits per heavy atom. The third-order valence-electron chi connectivity index (χ3n) is 3.71. The van der Waals surface area contributed by atoms with Gasteiger partial charge in [0, 0.05) is 12.6 Å². The number of nitrogens with zero attached hydrogens (tertiary/aromatic N) is 3. The van der Waals surface area contributed by atoms with Crippen LogP contribution in [0.15, 0.2) is 22.7 Å². The van der Waals surface area contributed by atoms with Gasteiger partial charge < -0.3 is 15.0 Å². The molecule has 1 atom stereocenters. The Morgan fingerprint density at radius 3 is 2.88 bits per heavy atom. The number of hydrogen-bond acceptors (Lipinski definition) is 6. The van der Waals surface area contributed by atoms with E-state index in [1.807, 2.05) is 6.07 Å². The lowest BCUT2D eigenvalue weighted by Crippen LogP contribution is -2.40. The monoisotopic (exact) mass is 392 g/mol. The van der Waals surface area contributed by atoms with Crippen molar-refractivity contribution >= 4 is 35.6 Å². The van der Waals surface area contributed by atoms with Gasteiger partial charge in [0.15, 0.2) is 5.82 Å². The molecule has 0 bridgehead atoms. The van der Waals surface area contributed by atoms with E-state index in [9.17, 15) is 0 Å². The molecule has 0 amide bonds. The van der Waals surface area contributed by atoms with E-state index >= 15 is 0 Å². The van der Waals surface area contributed by atoms with Crippen molar-refractivity contribution < 1.29 is 9.26 Å². The first kappa shape index (κ1) is 19.3. The first-order chi connectivity index (χ1) is 11.1. The largest absolute Gasteiger partial charge is 0.489 e. The van der Waals surface area contributed by atoms with E-state index in [-0.39, 0.29) is 25.1 Å². The molecule has 3 rings (SSSR count). The molecular weight excluding hydrogens is 375 g/mol. The molecule has 0 spiro atoms. The summed E-state index contributed by atoms with van der Waals surface area (Å²) in [5.74, 6) is 1.84. The zero-order valence-electron chi connectivity index (χ0n) is 13.0. The predicted octanol–water partition coefficient (Wildman–Crippen LogP) is 3.30. The van der Waals surface area contributed by atoms with Crippen LogP contribution in [0.1, 0.15) is 24.6 Å². The number of rotatable bonds is 5. The summed E-state index contributed by atoms with van der Waals surface area (Å²) in [6.07, 6.45) is 2.15.